The lowest BCUT2D eigenvalue weighted by Crippen LogP contribution is -2.19. The molecule has 0 bridgehead atoms. The van der Waals surface area contributed by atoms with Crippen LogP contribution in [0.15, 0.2) is 105 Å². The molecule has 2 N–H and O–H groups in total. The molecule has 0 saturated heterocycles. The summed E-state index contributed by atoms with van der Waals surface area (Å²) in [6.45, 7) is 28.5. The maximum absolute atomic E-state index is 8.00. The molecule has 0 aliphatic rings. The average molecular weight is 609 g/mol. The van der Waals surface area contributed by atoms with Crippen LogP contribution in [0.2, 0.25) is 0 Å². The molecule has 45 heavy (non-hydrogen) atoms. The normalized spacial score (nSPS) is 9.91. The molecule has 0 atom stereocenters. The lowest BCUT2D eigenvalue weighted by molar-refractivity contribution is -0.0980. The average Bonchev–Trinajstić information content (AvgIpc) is 3.41. The molecule has 242 valence electrons. The number of rotatable bonds is 10. The van der Waals surface area contributed by atoms with Crippen LogP contribution in [0.3, 0.4) is 0 Å². The number of allylic oxidation sites excluding steroid dienone is 2. The topological polar surface area (TPSA) is 58.9 Å². The molecule has 5 heteroatoms. The highest BCUT2D eigenvalue weighted by atomic mass is 16.1. The highest BCUT2D eigenvalue weighted by Crippen LogP contribution is 2.21. The van der Waals surface area contributed by atoms with Crippen LogP contribution in [0.1, 0.15) is 71.8 Å². The van der Waals surface area contributed by atoms with Gasteiger partial charge in [0.1, 0.15) is 12.6 Å². The van der Waals surface area contributed by atoms with Crippen LogP contribution >= 0.6 is 0 Å². The van der Waals surface area contributed by atoms with Gasteiger partial charge < -0.3 is 15.4 Å². The van der Waals surface area contributed by atoms with Crippen molar-refractivity contribution in [3.63, 3.8) is 0 Å². The van der Waals surface area contributed by atoms with E-state index in [0.29, 0.717) is 6.54 Å². The molecule has 5 nitrogen and oxygen atoms in total. The van der Waals surface area contributed by atoms with Gasteiger partial charge in [-0.1, -0.05) is 112 Å². The minimum atomic E-state index is 0.711. The van der Waals surface area contributed by atoms with Gasteiger partial charge >= 0.3 is 0 Å². The van der Waals surface area contributed by atoms with Gasteiger partial charge in [0.25, 0.3) is 0 Å². The van der Waals surface area contributed by atoms with Gasteiger partial charge in [0.15, 0.2) is 0 Å². The Morgan fingerprint density at radius 3 is 1.96 bits per heavy atom. The van der Waals surface area contributed by atoms with Gasteiger partial charge in [-0.05, 0) is 86.2 Å². The fourth-order valence-electron chi connectivity index (χ4n) is 4.39. The summed E-state index contributed by atoms with van der Waals surface area (Å²) in [7, 11) is 1.96. The Morgan fingerprint density at radius 2 is 1.42 bits per heavy atom. The smallest absolute Gasteiger partial charge is 0.128 e. The van der Waals surface area contributed by atoms with Gasteiger partial charge in [0.05, 0.1) is 6.20 Å². The predicted octanol–water partition coefficient (Wildman–Crippen LogP) is 9.42. The molecule has 0 spiro atoms. The first-order valence-corrected chi connectivity index (χ1v) is 15.6. The molecular weight excluding hydrogens is 552 g/mol. The Morgan fingerprint density at radius 1 is 0.822 bits per heavy atom. The molecule has 0 radical (unpaired) electrons. The third-order valence-electron chi connectivity index (χ3n) is 6.79. The van der Waals surface area contributed by atoms with E-state index in [1.165, 1.54) is 40.7 Å². The van der Waals surface area contributed by atoms with Crippen molar-refractivity contribution < 1.29 is 4.79 Å². The first-order valence-electron chi connectivity index (χ1n) is 15.6. The molecule has 4 aromatic rings. The lowest BCUT2D eigenvalue weighted by Gasteiger charge is -2.15. The van der Waals surface area contributed by atoms with Crippen LogP contribution in [0.5, 0.6) is 0 Å². The largest absolute Gasteiger partial charge is 0.366 e. The molecule has 0 aliphatic carbocycles. The minimum absolute atomic E-state index is 0.711. The Bertz CT molecular complexity index is 1410. The van der Waals surface area contributed by atoms with Crippen LogP contribution < -0.4 is 10.6 Å². The lowest BCUT2D eigenvalue weighted by atomic mass is 10.0. The summed E-state index contributed by atoms with van der Waals surface area (Å²) < 4.78 is 1.95. The Labute approximate surface area is 273 Å². The molecule has 4 rings (SSSR count). The predicted molar refractivity (Wildman–Crippen MR) is 197 cm³/mol. The number of aryl methyl sites for hydroxylation is 4. The molecule has 0 unspecified atom stereocenters. The summed E-state index contributed by atoms with van der Waals surface area (Å²) >= 11 is 0. The molecule has 0 fully saturated rings. The summed E-state index contributed by atoms with van der Waals surface area (Å²) in [6.07, 6.45) is 6.43. The van der Waals surface area contributed by atoms with Crippen molar-refractivity contribution in [3.8, 4) is 0 Å². The van der Waals surface area contributed by atoms with Crippen molar-refractivity contribution in [3.05, 3.63) is 149 Å². The molecule has 1 heterocycles. The van der Waals surface area contributed by atoms with E-state index in [0.717, 1.165) is 34.8 Å². The molecular formula is C40H56N4O. The fraction of sp³-hybridized carbons (Fsp3) is 0.300. The van der Waals surface area contributed by atoms with E-state index in [9.17, 15) is 0 Å². The van der Waals surface area contributed by atoms with Crippen molar-refractivity contribution in [1.82, 2.24) is 20.4 Å². The van der Waals surface area contributed by atoms with Gasteiger partial charge in [0.2, 0.25) is 0 Å². The molecule has 0 saturated carbocycles. The SMILES string of the molecule is C=C.C=C(/C=C(/NCc1cccc(CNC)c1)n1ncc(C)c1C)c1ccccc1C.C=O.CC.CCCc1ccc(C)cc1. The maximum atomic E-state index is 8.00. The van der Waals surface area contributed by atoms with Crippen LogP contribution in [-0.2, 0) is 24.3 Å². The van der Waals surface area contributed by atoms with Crippen LogP contribution in [0.4, 0.5) is 0 Å². The van der Waals surface area contributed by atoms with Crippen LogP contribution in [-0.4, -0.2) is 23.6 Å². The third-order valence-corrected chi connectivity index (χ3v) is 6.79. The van der Waals surface area contributed by atoms with Crippen molar-refractivity contribution in [2.75, 3.05) is 7.05 Å². The standard InChI is InChI=1S/C25H30N4.C10H14.C2H6.C2H4.CH2O/c1-18-9-6-7-12-24(18)19(2)13-25(29-21(4)20(3)15-28-29)27-17-23-11-8-10-22(14-23)16-26-5;1-3-4-10-7-5-9(2)6-8-10;3*1-2/h6-15,26-27H,2,16-17H2,1,3-5H3;5-8H,3-4H2,1-2H3;1-2H3;1-2H2;1H2/b25-13-;;;;. The van der Waals surface area contributed by atoms with E-state index in [4.69, 9.17) is 4.79 Å². The Balaban J connectivity index is 0.00000101. The Hall–Kier alpha value is -4.48. The van der Waals surface area contributed by atoms with Crippen LogP contribution in [0.25, 0.3) is 11.4 Å². The van der Waals surface area contributed by atoms with Crippen LogP contribution in [0, 0.1) is 27.7 Å². The molecule has 1 aromatic heterocycles. The number of carbonyl (C=O) groups is 1. The summed E-state index contributed by atoms with van der Waals surface area (Å²) in [5.74, 6) is 0.919. The van der Waals surface area contributed by atoms with Gasteiger partial charge in [-0.25, -0.2) is 4.68 Å². The van der Waals surface area contributed by atoms with Crippen molar-refractivity contribution in [1.29, 1.82) is 0 Å². The third kappa shape index (κ3) is 14.2. The second-order valence-electron chi connectivity index (χ2n) is 10.1. The summed E-state index contributed by atoms with van der Waals surface area (Å²) in [5.41, 5.74) is 10.9. The number of aromatic nitrogens is 2. The first-order chi connectivity index (χ1) is 21.8. The number of nitrogens with zero attached hydrogens (tertiary/aromatic N) is 2. The number of hydrogen-bond acceptors (Lipinski definition) is 4. The summed E-state index contributed by atoms with van der Waals surface area (Å²) in [5, 5.41) is 11.4. The monoisotopic (exact) mass is 608 g/mol. The minimum Gasteiger partial charge on any atom is -0.366 e. The van der Waals surface area contributed by atoms with E-state index >= 15 is 0 Å². The molecule has 0 amide bonds. The van der Waals surface area contributed by atoms with E-state index in [-0.39, 0.29) is 0 Å². The van der Waals surface area contributed by atoms with Gasteiger partial charge in [0, 0.05) is 18.8 Å². The van der Waals surface area contributed by atoms with E-state index < -0.39 is 0 Å². The fourth-order valence-corrected chi connectivity index (χ4v) is 4.39. The van der Waals surface area contributed by atoms with Gasteiger partial charge in [-0.3, -0.25) is 0 Å². The van der Waals surface area contributed by atoms with E-state index in [2.05, 4.69) is 137 Å². The number of hydrogen-bond donors (Lipinski definition) is 2. The quantitative estimate of drug-likeness (QED) is 0.139. The first kappa shape index (κ1) is 40.5. The van der Waals surface area contributed by atoms with E-state index in [1.54, 1.807) is 0 Å². The molecule has 0 aliphatic heterocycles. The van der Waals surface area contributed by atoms with E-state index in [1.807, 2.05) is 50.7 Å². The molecule has 3 aromatic carbocycles. The maximum Gasteiger partial charge on any atom is 0.128 e. The second-order valence-corrected chi connectivity index (χ2v) is 10.1. The Kier molecular flexibility index (Phi) is 21.5. The highest BCUT2D eigenvalue weighted by Gasteiger charge is 2.10. The number of carbonyl (C=O) groups excluding carboxylic acids is 1. The van der Waals surface area contributed by atoms with Gasteiger partial charge in [-0.2, -0.15) is 5.10 Å². The second kappa shape index (κ2) is 23.9. The van der Waals surface area contributed by atoms with Crippen molar-refractivity contribution >= 4 is 18.2 Å². The summed E-state index contributed by atoms with van der Waals surface area (Å²) in [4.78, 5) is 8.00. The number of nitrogens with one attached hydrogen (secondary N) is 2. The zero-order chi connectivity index (χ0) is 34.2. The zero-order valence-electron chi connectivity index (χ0n) is 29.0. The summed E-state index contributed by atoms with van der Waals surface area (Å²) in [6, 6.07) is 25.7. The highest BCUT2D eigenvalue weighted by molar-refractivity contribution is 5.79. The number of benzene rings is 3. The van der Waals surface area contributed by atoms with Crippen molar-refractivity contribution in [2.24, 2.45) is 0 Å². The van der Waals surface area contributed by atoms with Gasteiger partial charge in [-0.15, -0.1) is 13.2 Å². The zero-order valence-corrected chi connectivity index (χ0v) is 29.0. The van der Waals surface area contributed by atoms with Crippen molar-refractivity contribution in [2.45, 2.75) is 74.4 Å².